The molecule has 1 aromatic carbocycles. The van der Waals surface area contributed by atoms with Crippen molar-refractivity contribution in [2.45, 2.75) is 57.0 Å². The molecule has 0 radical (unpaired) electrons. The number of rotatable bonds is 5. The number of benzene rings is 1. The molecule has 6 nitrogen and oxygen atoms in total. The molecule has 1 saturated heterocycles. The molecule has 1 heterocycles. The van der Waals surface area contributed by atoms with Gasteiger partial charge in [0.25, 0.3) is 5.69 Å². The van der Waals surface area contributed by atoms with Crippen LogP contribution in [0.5, 0.6) is 0 Å². The predicted molar refractivity (Wildman–Crippen MR) is 87.1 cm³/mol. The first kappa shape index (κ1) is 17.7. The van der Waals surface area contributed by atoms with Gasteiger partial charge in [0, 0.05) is 30.1 Å². The topological polar surface area (TPSA) is 72.7 Å². The largest absolute Gasteiger partial charge is 0.366 e. The van der Waals surface area contributed by atoms with Crippen LogP contribution in [0.1, 0.15) is 38.7 Å². The number of hydroxylamine groups is 2. The van der Waals surface area contributed by atoms with E-state index in [0.717, 1.165) is 19.3 Å². The van der Waals surface area contributed by atoms with Crippen LogP contribution in [0.4, 0.5) is 5.69 Å². The van der Waals surface area contributed by atoms with Crippen LogP contribution in [-0.4, -0.2) is 33.4 Å². The lowest BCUT2D eigenvalue weighted by molar-refractivity contribution is -0.385. The summed E-state index contributed by atoms with van der Waals surface area (Å²) in [5, 5.41) is 11.7. The molecule has 1 aromatic rings. The molecule has 0 aromatic heterocycles. The number of para-hydroxylation sites is 1. The average Bonchev–Trinajstić information content (AvgIpc) is 2.51. The summed E-state index contributed by atoms with van der Waals surface area (Å²) in [4.78, 5) is 28.2. The summed E-state index contributed by atoms with van der Waals surface area (Å²) >= 11 is 6.13. The summed E-state index contributed by atoms with van der Waals surface area (Å²) in [5.41, 5.74) is 0.389. The molecule has 1 aliphatic rings. The van der Waals surface area contributed by atoms with Crippen LogP contribution < -0.4 is 0 Å². The molecule has 3 unspecified atom stereocenters. The monoisotopic (exact) mass is 340 g/mol. The Morgan fingerprint density at radius 1 is 1.39 bits per heavy atom. The van der Waals surface area contributed by atoms with Crippen molar-refractivity contribution in [3.8, 4) is 0 Å². The van der Waals surface area contributed by atoms with Gasteiger partial charge < -0.3 is 4.84 Å². The van der Waals surface area contributed by atoms with Gasteiger partial charge in [0.1, 0.15) is 5.38 Å². The number of nitro benzene ring substituents is 1. The Hall–Kier alpha value is -1.66. The second-order valence-corrected chi connectivity index (χ2v) is 6.48. The molecule has 0 aliphatic carbocycles. The van der Waals surface area contributed by atoms with Gasteiger partial charge in [0.2, 0.25) is 0 Å². The van der Waals surface area contributed by atoms with Crippen LogP contribution in [0.3, 0.4) is 0 Å². The van der Waals surface area contributed by atoms with Gasteiger partial charge in [-0.3, -0.25) is 10.1 Å². The molecule has 1 aliphatic heterocycles. The Kier molecular flexibility index (Phi) is 5.96. The van der Waals surface area contributed by atoms with Crippen LogP contribution in [0, 0.1) is 10.1 Å². The average molecular weight is 341 g/mol. The van der Waals surface area contributed by atoms with Crippen molar-refractivity contribution in [1.82, 2.24) is 5.06 Å². The van der Waals surface area contributed by atoms with Crippen molar-refractivity contribution in [3.05, 3.63) is 39.9 Å². The van der Waals surface area contributed by atoms with E-state index in [2.05, 4.69) is 0 Å². The van der Waals surface area contributed by atoms with E-state index in [0.29, 0.717) is 5.56 Å². The lowest BCUT2D eigenvalue weighted by atomic mass is 10.0. The number of carbonyl (C=O) groups is 1. The van der Waals surface area contributed by atoms with Gasteiger partial charge in [0.05, 0.1) is 4.92 Å². The van der Waals surface area contributed by atoms with Crippen molar-refractivity contribution >= 4 is 23.3 Å². The number of hydrogen-bond acceptors (Lipinski definition) is 5. The number of halogens is 1. The van der Waals surface area contributed by atoms with E-state index in [1.807, 2.05) is 13.8 Å². The minimum absolute atomic E-state index is 0.0364. The SMILES string of the molecule is CC1CCCC(C)N1OC(=O)C(Cl)Cc1ccccc1[N+](=O)[O-]. The van der Waals surface area contributed by atoms with Crippen LogP contribution in [0.2, 0.25) is 0 Å². The highest BCUT2D eigenvalue weighted by Crippen LogP contribution is 2.25. The summed E-state index contributed by atoms with van der Waals surface area (Å²) in [6, 6.07) is 6.58. The highest BCUT2D eigenvalue weighted by atomic mass is 35.5. The van der Waals surface area contributed by atoms with E-state index < -0.39 is 16.3 Å². The fourth-order valence-electron chi connectivity index (χ4n) is 2.88. The maximum absolute atomic E-state index is 12.2. The molecule has 1 fully saturated rings. The van der Waals surface area contributed by atoms with E-state index in [9.17, 15) is 14.9 Å². The molecular weight excluding hydrogens is 320 g/mol. The molecule has 126 valence electrons. The third-order valence-corrected chi connectivity index (χ3v) is 4.48. The second-order valence-electron chi connectivity index (χ2n) is 5.96. The lowest BCUT2D eigenvalue weighted by Crippen LogP contribution is -2.46. The highest BCUT2D eigenvalue weighted by molar-refractivity contribution is 6.30. The zero-order valence-electron chi connectivity index (χ0n) is 13.3. The first-order valence-electron chi connectivity index (χ1n) is 7.76. The summed E-state index contributed by atoms with van der Waals surface area (Å²) in [5.74, 6) is -0.564. The molecule has 3 atom stereocenters. The number of piperidine rings is 1. The van der Waals surface area contributed by atoms with Crippen LogP contribution in [-0.2, 0) is 16.1 Å². The fourth-order valence-corrected chi connectivity index (χ4v) is 3.08. The Labute approximate surface area is 140 Å². The van der Waals surface area contributed by atoms with Crippen LogP contribution in [0.15, 0.2) is 24.3 Å². The van der Waals surface area contributed by atoms with Gasteiger partial charge in [0.15, 0.2) is 0 Å². The molecule has 0 bridgehead atoms. The fraction of sp³-hybridized carbons (Fsp3) is 0.562. The standard InChI is InChI=1S/C16H21ClN2O4/c1-11-6-5-7-12(2)18(11)23-16(20)14(17)10-13-8-3-4-9-15(13)19(21)22/h3-4,8-9,11-12,14H,5-7,10H2,1-2H3. The first-order valence-corrected chi connectivity index (χ1v) is 8.20. The van der Waals surface area contributed by atoms with Gasteiger partial charge in [-0.2, -0.15) is 0 Å². The Balaban J connectivity index is 2.02. The number of carbonyl (C=O) groups excluding carboxylic acids is 1. The summed E-state index contributed by atoms with van der Waals surface area (Å²) in [7, 11) is 0. The second kappa shape index (κ2) is 7.75. The predicted octanol–water partition coefficient (Wildman–Crippen LogP) is 3.47. The van der Waals surface area contributed by atoms with Gasteiger partial charge >= 0.3 is 5.97 Å². The smallest absolute Gasteiger partial charge is 0.343 e. The minimum atomic E-state index is -0.961. The molecule has 0 amide bonds. The molecular formula is C16H21ClN2O4. The Morgan fingerprint density at radius 3 is 2.61 bits per heavy atom. The number of hydrogen-bond donors (Lipinski definition) is 0. The van der Waals surface area contributed by atoms with Gasteiger partial charge in [-0.1, -0.05) is 24.6 Å². The highest BCUT2D eigenvalue weighted by Gasteiger charge is 2.31. The quantitative estimate of drug-likeness (QED) is 0.466. The molecule has 0 N–H and O–H groups in total. The summed E-state index contributed by atoms with van der Waals surface area (Å²) < 4.78 is 0. The van der Waals surface area contributed by atoms with E-state index >= 15 is 0 Å². The van der Waals surface area contributed by atoms with E-state index in [-0.39, 0.29) is 24.2 Å². The van der Waals surface area contributed by atoms with Gasteiger partial charge in [-0.05, 0) is 26.7 Å². The van der Waals surface area contributed by atoms with Gasteiger partial charge in [-0.15, -0.1) is 16.7 Å². The van der Waals surface area contributed by atoms with Crippen molar-refractivity contribution in [1.29, 1.82) is 0 Å². The van der Waals surface area contributed by atoms with Crippen molar-refractivity contribution in [2.24, 2.45) is 0 Å². The Bertz CT molecular complexity index is 571. The molecule has 0 spiro atoms. The zero-order valence-corrected chi connectivity index (χ0v) is 14.0. The molecule has 0 saturated carbocycles. The maximum atomic E-state index is 12.2. The lowest BCUT2D eigenvalue weighted by Gasteiger charge is -2.37. The third-order valence-electron chi connectivity index (χ3n) is 4.15. The van der Waals surface area contributed by atoms with E-state index in [1.54, 1.807) is 23.3 Å². The molecule has 7 heteroatoms. The third kappa shape index (κ3) is 4.42. The van der Waals surface area contributed by atoms with Gasteiger partial charge in [-0.25, -0.2) is 4.79 Å². The van der Waals surface area contributed by atoms with E-state index in [1.165, 1.54) is 6.07 Å². The number of alkyl halides is 1. The Morgan fingerprint density at radius 2 is 2.00 bits per heavy atom. The normalized spacial score (nSPS) is 23.3. The summed E-state index contributed by atoms with van der Waals surface area (Å²) in [6.07, 6.45) is 3.11. The maximum Gasteiger partial charge on any atom is 0.343 e. The van der Waals surface area contributed by atoms with Crippen LogP contribution >= 0.6 is 11.6 Å². The number of nitro groups is 1. The summed E-state index contributed by atoms with van der Waals surface area (Å²) in [6.45, 7) is 4.02. The zero-order chi connectivity index (χ0) is 17.0. The van der Waals surface area contributed by atoms with E-state index in [4.69, 9.17) is 16.4 Å². The van der Waals surface area contributed by atoms with Crippen molar-refractivity contribution in [2.75, 3.05) is 0 Å². The van der Waals surface area contributed by atoms with Crippen molar-refractivity contribution in [3.63, 3.8) is 0 Å². The first-order chi connectivity index (χ1) is 10.9. The molecule has 23 heavy (non-hydrogen) atoms. The number of nitrogens with zero attached hydrogens (tertiary/aromatic N) is 2. The van der Waals surface area contributed by atoms with Crippen LogP contribution in [0.25, 0.3) is 0 Å². The van der Waals surface area contributed by atoms with Crippen molar-refractivity contribution < 1.29 is 14.6 Å². The molecule has 2 rings (SSSR count). The minimum Gasteiger partial charge on any atom is -0.366 e.